The predicted octanol–water partition coefficient (Wildman–Crippen LogP) is -1.00. The molecule has 3 N–H and O–H groups in total. The van der Waals surface area contributed by atoms with Gasteiger partial charge in [0, 0.05) is 5.75 Å². The Bertz CT molecular complexity index is 233. The summed E-state index contributed by atoms with van der Waals surface area (Å²) in [5, 5.41) is 15.1. The maximum atomic E-state index is 8.70. The summed E-state index contributed by atoms with van der Waals surface area (Å²) in [7, 11) is 0. The van der Waals surface area contributed by atoms with E-state index in [4.69, 9.17) is 5.11 Å². The lowest BCUT2D eigenvalue weighted by Crippen LogP contribution is -2.48. The molecule has 6 heteroatoms. The Kier molecular flexibility index (Phi) is 2.70. The van der Waals surface area contributed by atoms with Crippen molar-refractivity contribution < 1.29 is 5.11 Å². The third-order valence-electron chi connectivity index (χ3n) is 1.99. The number of aliphatic imine (C=N–C) groups is 2. The second-order valence-corrected chi connectivity index (χ2v) is 4.09. The first-order valence-corrected chi connectivity index (χ1v) is 5.24. The number of aliphatic hydroxyl groups is 1. The molecule has 0 aromatic heterocycles. The number of fused-ring (bicyclic) bond motifs is 1. The molecular formula is C7H12N4OS. The molecule has 0 amide bonds. The summed E-state index contributed by atoms with van der Waals surface area (Å²) in [6, 6.07) is 0.154. The first kappa shape index (κ1) is 8.83. The molecule has 72 valence electrons. The Morgan fingerprint density at radius 2 is 2.15 bits per heavy atom. The van der Waals surface area contributed by atoms with Gasteiger partial charge < -0.3 is 15.7 Å². The highest BCUT2D eigenvalue weighted by Crippen LogP contribution is 2.21. The van der Waals surface area contributed by atoms with Crippen molar-refractivity contribution in [3.05, 3.63) is 0 Å². The Morgan fingerprint density at radius 1 is 1.31 bits per heavy atom. The smallest absolute Gasteiger partial charge is 0.146 e. The van der Waals surface area contributed by atoms with E-state index in [0.717, 1.165) is 5.75 Å². The largest absolute Gasteiger partial charge is 0.396 e. The van der Waals surface area contributed by atoms with Crippen molar-refractivity contribution in [1.82, 2.24) is 10.6 Å². The van der Waals surface area contributed by atoms with Gasteiger partial charge in [-0.1, -0.05) is 0 Å². The standard InChI is InChI=1S/C7H12N4OS/c12-1-2-13-7-5-6(9-3-8-5)10-4-11-7/h3-7,12H,1-2H2,(H,8,9)(H,10,11). The highest BCUT2D eigenvalue weighted by Gasteiger charge is 2.33. The number of hydrogen-bond donors (Lipinski definition) is 3. The Balaban J connectivity index is 1.95. The van der Waals surface area contributed by atoms with Crippen LogP contribution in [-0.4, -0.2) is 47.7 Å². The SMILES string of the molecule is OCCSC1NC=NC2NC=NC21. The van der Waals surface area contributed by atoms with Crippen LogP contribution in [0.15, 0.2) is 9.98 Å². The van der Waals surface area contributed by atoms with Crippen molar-refractivity contribution in [1.29, 1.82) is 0 Å². The molecule has 0 spiro atoms. The lowest BCUT2D eigenvalue weighted by molar-refractivity contribution is 0.322. The normalized spacial score (nSPS) is 35.3. The van der Waals surface area contributed by atoms with Crippen LogP contribution in [-0.2, 0) is 0 Å². The summed E-state index contributed by atoms with van der Waals surface area (Å²) < 4.78 is 0. The highest BCUT2D eigenvalue weighted by atomic mass is 32.2. The lowest BCUT2D eigenvalue weighted by atomic mass is 10.2. The number of rotatable bonds is 3. The molecule has 0 fully saturated rings. The van der Waals surface area contributed by atoms with Gasteiger partial charge in [0.2, 0.25) is 0 Å². The van der Waals surface area contributed by atoms with E-state index in [1.54, 1.807) is 24.4 Å². The lowest BCUT2D eigenvalue weighted by Gasteiger charge is -2.27. The zero-order valence-electron chi connectivity index (χ0n) is 7.05. The third-order valence-corrected chi connectivity index (χ3v) is 3.18. The van der Waals surface area contributed by atoms with E-state index in [-0.39, 0.29) is 24.2 Å². The predicted molar refractivity (Wildman–Crippen MR) is 54.2 cm³/mol. The molecular weight excluding hydrogens is 188 g/mol. The topological polar surface area (TPSA) is 69.0 Å². The third kappa shape index (κ3) is 1.78. The molecule has 0 aliphatic carbocycles. The van der Waals surface area contributed by atoms with E-state index >= 15 is 0 Å². The van der Waals surface area contributed by atoms with Crippen LogP contribution in [0.25, 0.3) is 0 Å². The fourth-order valence-electron chi connectivity index (χ4n) is 1.38. The Hall–Kier alpha value is -0.750. The minimum atomic E-state index is 0.0810. The monoisotopic (exact) mass is 200 g/mol. The van der Waals surface area contributed by atoms with Crippen LogP contribution in [0.5, 0.6) is 0 Å². The minimum Gasteiger partial charge on any atom is -0.396 e. The molecule has 3 atom stereocenters. The molecule has 2 aliphatic heterocycles. The van der Waals surface area contributed by atoms with Crippen LogP contribution in [0.1, 0.15) is 0 Å². The molecule has 13 heavy (non-hydrogen) atoms. The van der Waals surface area contributed by atoms with E-state index in [1.807, 2.05) is 0 Å². The summed E-state index contributed by atoms with van der Waals surface area (Å²) in [6.07, 6.45) is 3.49. The van der Waals surface area contributed by atoms with Crippen molar-refractivity contribution in [2.45, 2.75) is 17.6 Å². The Morgan fingerprint density at radius 3 is 3.00 bits per heavy atom. The number of hydrogen-bond acceptors (Lipinski definition) is 6. The second-order valence-electron chi connectivity index (χ2n) is 2.84. The molecule has 0 bridgehead atoms. The summed E-state index contributed by atoms with van der Waals surface area (Å²) in [5.74, 6) is 0.726. The Labute approximate surface area is 80.7 Å². The van der Waals surface area contributed by atoms with Crippen LogP contribution in [0.3, 0.4) is 0 Å². The summed E-state index contributed by atoms with van der Waals surface area (Å²) in [4.78, 5) is 8.48. The van der Waals surface area contributed by atoms with Gasteiger partial charge in [0.1, 0.15) is 12.2 Å². The van der Waals surface area contributed by atoms with Gasteiger partial charge in [-0.2, -0.15) is 0 Å². The van der Waals surface area contributed by atoms with Crippen LogP contribution in [0.2, 0.25) is 0 Å². The van der Waals surface area contributed by atoms with Crippen molar-refractivity contribution in [3.8, 4) is 0 Å². The molecule has 2 rings (SSSR count). The quantitative estimate of drug-likeness (QED) is 0.546. The highest BCUT2D eigenvalue weighted by molar-refractivity contribution is 7.99. The fourth-order valence-corrected chi connectivity index (χ4v) is 2.32. The van der Waals surface area contributed by atoms with Crippen molar-refractivity contribution in [3.63, 3.8) is 0 Å². The molecule has 0 aromatic carbocycles. The maximum absolute atomic E-state index is 8.70. The van der Waals surface area contributed by atoms with E-state index in [1.165, 1.54) is 0 Å². The molecule has 0 aromatic rings. The molecule has 0 radical (unpaired) electrons. The zero-order chi connectivity index (χ0) is 9.10. The van der Waals surface area contributed by atoms with Crippen LogP contribution < -0.4 is 10.6 Å². The van der Waals surface area contributed by atoms with Gasteiger partial charge in [-0.25, -0.2) is 4.99 Å². The summed E-state index contributed by atoms with van der Waals surface area (Å²) in [6.45, 7) is 0.203. The molecule has 2 heterocycles. The first-order valence-electron chi connectivity index (χ1n) is 4.19. The van der Waals surface area contributed by atoms with E-state index in [2.05, 4.69) is 20.6 Å². The minimum absolute atomic E-state index is 0.0810. The van der Waals surface area contributed by atoms with Crippen molar-refractivity contribution >= 4 is 24.4 Å². The van der Waals surface area contributed by atoms with Gasteiger partial charge in [0.25, 0.3) is 0 Å². The number of nitrogens with one attached hydrogen (secondary N) is 2. The summed E-state index contributed by atoms with van der Waals surface area (Å²) in [5.41, 5.74) is 0. The number of aliphatic hydroxyl groups excluding tert-OH is 1. The number of nitrogens with zero attached hydrogens (tertiary/aromatic N) is 2. The van der Waals surface area contributed by atoms with Gasteiger partial charge in [0.15, 0.2) is 0 Å². The van der Waals surface area contributed by atoms with Gasteiger partial charge in [-0.15, -0.1) is 11.8 Å². The molecule has 0 saturated carbocycles. The van der Waals surface area contributed by atoms with E-state index in [0.29, 0.717) is 0 Å². The zero-order valence-corrected chi connectivity index (χ0v) is 7.87. The van der Waals surface area contributed by atoms with Crippen molar-refractivity contribution in [2.75, 3.05) is 12.4 Å². The molecule has 0 saturated heterocycles. The second kappa shape index (κ2) is 3.97. The van der Waals surface area contributed by atoms with E-state index < -0.39 is 0 Å². The number of thioether (sulfide) groups is 1. The average molecular weight is 200 g/mol. The molecule has 5 nitrogen and oxygen atoms in total. The van der Waals surface area contributed by atoms with Crippen LogP contribution >= 0.6 is 11.8 Å². The van der Waals surface area contributed by atoms with E-state index in [9.17, 15) is 0 Å². The average Bonchev–Trinajstić information content (AvgIpc) is 2.62. The fraction of sp³-hybridized carbons (Fsp3) is 0.714. The van der Waals surface area contributed by atoms with Gasteiger partial charge in [-0.05, 0) is 0 Å². The van der Waals surface area contributed by atoms with Crippen LogP contribution in [0.4, 0.5) is 0 Å². The van der Waals surface area contributed by atoms with Gasteiger partial charge in [0.05, 0.1) is 24.7 Å². The molecule has 3 unspecified atom stereocenters. The van der Waals surface area contributed by atoms with Gasteiger partial charge >= 0.3 is 0 Å². The first-order chi connectivity index (χ1) is 6.42. The van der Waals surface area contributed by atoms with Gasteiger partial charge in [-0.3, -0.25) is 4.99 Å². The summed E-state index contributed by atoms with van der Waals surface area (Å²) >= 11 is 1.67. The van der Waals surface area contributed by atoms with Crippen LogP contribution in [0, 0.1) is 0 Å². The van der Waals surface area contributed by atoms with Crippen molar-refractivity contribution in [2.24, 2.45) is 9.98 Å². The maximum Gasteiger partial charge on any atom is 0.146 e. The molecule has 2 aliphatic rings.